The van der Waals surface area contributed by atoms with Gasteiger partial charge in [0.05, 0.1) is 6.61 Å². The van der Waals surface area contributed by atoms with Crippen LogP contribution in [0.5, 0.6) is 5.75 Å². The summed E-state index contributed by atoms with van der Waals surface area (Å²) in [5, 5.41) is 3.46. The molecular formula is C15H24N2O. The highest BCUT2D eigenvalue weighted by atomic mass is 16.5. The fourth-order valence-corrected chi connectivity index (χ4v) is 2.61. The van der Waals surface area contributed by atoms with Crippen LogP contribution in [0, 0.1) is 11.8 Å². The summed E-state index contributed by atoms with van der Waals surface area (Å²) >= 11 is 0. The van der Waals surface area contributed by atoms with Crippen LogP contribution < -0.4 is 10.1 Å². The Hall–Kier alpha value is -1.25. The molecule has 0 spiro atoms. The van der Waals surface area contributed by atoms with Crippen molar-refractivity contribution < 1.29 is 4.74 Å². The van der Waals surface area contributed by atoms with Gasteiger partial charge in [-0.1, -0.05) is 26.7 Å². The van der Waals surface area contributed by atoms with E-state index in [-0.39, 0.29) is 0 Å². The van der Waals surface area contributed by atoms with Gasteiger partial charge in [-0.2, -0.15) is 0 Å². The summed E-state index contributed by atoms with van der Waals surface area (Å²) in [6.07, 6.45) is 6.92. The summed E-state index contributed by atoms with van der Waals surface area (Å²) in [5.74, 6) is 3.39. The van der Waals surface area contributed by atoms with Crippen LogP contribution in [0.25, 0.3) is 0 Å². The first-order valence-electron chi connectivity index (χ1n) is 7.13. The summed E-state index contributed by atoms with van der Waals surface area (Å²) in [6.45, 7) is 6.23. The van der Waals surface area contributed by atoms with Crippen molar-refractivity contribution in [3.05, 3.63) is 18.3 Å². The molecule has 0 amide bonds. The predicted octanol–water partition coefficient (Wildman–Crippen LogP) is 3.72. The molecule has 0 aromatic carbocycles. The van der Waals surface area contributed by atoms with Gasteiger partial charge in [0.2, 0.25) is 0 Å². The first-order valence-corrected chi connectivity index (χ1v) is 7.13. The first kappa shape index (κ1) is 13.2. The number of hydrogen-bond acceptors (Lipinski definition) is 3. The molecule has 1 aromatic rings. The molecule has 1 aromatic heterocycles. The molecule has 100 valence electrons. The van der Waals surface area contributed by atoms with Gasteiger partial charge < -0.3 is 10.1 Å². The van der Waals surface area contributed by atoms with E-state index in [1.54, 1.807) is 0 Å². The molecule has 1 fully saturated rings. The van der Waals surface area contributed by atoms with Crippen molar-refractivity contribution in [2.75, 3.05) is 18.5 Å². The number of aromatic nitrogens is 1. The molecule has 18 heavy (non-hydrogen) atoms. The molecule has 0 aliphatic heterocycles. The van der Waals surface area contributed by atoms with E-state index in [0.29, 0.717) is 0 Å². The number of pyridine rings is 1. The lowest BCUT2D eigenvalue weighted by atomic mass is 9.98. The van der Waals surface area contributed by atoms with Gasteiger partial charge in [0, 0.05) is 12.7 Å². The van der Waals surface area contributed by atoms with Gasteiger partial charge in [-0.05, 0) is 36.8 Å². The Morgan fingerprint density at radius 3 is 3.06 bits per heavy atom. The minimum absolute atomic E-state index is 0.750. The largest absolute Gasteiger partial charge is 0.490 e. The number of rotatable bonds is 6. The standard InChI is InChI=1S/C15H24N2O/c1-3-10-18-14-8-5-9-16-15(14)17-11-13-7-4-6-12(13)2/h5,8-9,12-13H,3-4,6-7,10-11H2,1-2H3,(H,16,17). The normalized spacial score (nSPS) is 23.0. The third-order valence-electron chi connectivity index (χ3n) is 3.80. The molecule has 0 saturated heterocycles. The molecule has 2 unspecified atom stereocenters. The van der Waals surface area contributed by atoms with Crippen LogP contribution in [0.3, 0.4) is 0 Å². The fourth-order valence-electron chi connectivity index (χ4n) is 2.61. The third kappa shape index (κ3) is 3.37. The quantitative estimate of drug-likeness (QED) is 0.833. The number of hydrogen-bond donors (Lipinski definition) is 1. The second-order valence-corrected chi connectivity index (χ2v) is 5.25. The Morgan fingerprint density at radius 1 is 1.44 bits per heavy atom. The fraction of sp³-hybridized carbons (Fsp3) is 0.667. The average Bonchev–Trinajstić information content (AvgIpc) is 2.80. The number of nitrogens with zero attached hydrogens (tertiary/aromatic N) is 1. The summed E-state index contributed by atoms with van der Waals surface area (Å²) < 4.78 is 5.70. The van der Waals surface area contributed by atoms with Gasteiger partial charge in [-0.15, -0.1) is 0 Å². The molecule has 3 nitrogen and oxygen atoms in total. The maximum Gasteiger partial charge on any atom is 0.168 e. The van der Waals surface area contributed by atoms with Crippen LogP contribution in [0.1, 0.15) is 39.5 Å². The van der Waals surface area contributed by atoms with Gasteiger partial charge in [-0.25, -0.2) is 4.98 Å². The Bertz CT molecular complexity index is 367. The molecular weight excluding hydrogens is 224 g/mol. The Morgan fingerprint density at radius 2 is 2.33 bits per heavy atom. The Balaban J connectivity index is 1.91. The number of anilines is 1. The smallest absolute Gasteiger partial charge is 0.168 e. The van der Waals surface area contributed by atoms with Crippen LogP contribution in [-0.4, -0.2) is 18.1 Å². The van der Waals surface area contributed by atoms with Gasteiger partial charge >= 0.3 is 0 Å². The SMILES string of the molecule is CCCOc1cccnc1NCC1CCCC1C. The molecule has 0 bridgehead atoms. The lowest BCUT2D eigenvalue weighted by Gasteiger charge is -2.17. The van der Waals surface area contributed by atoms with E-state index in [1.165, 1.54) is 19.3 Å². The maximum atomic E-state index is 5.70. The molecule has 0 radical (unpaired) electrons. The van der Waals surface area contributed by atoms with E-state index in [1.807, 2.05) is 18.3 Å². The minimum atomic E-state index is 0.750. The van der Waals surface area contributed by atoms with E-state index in [4.69, 9.17) is 4.74 Å². The highest BCUT2D eigenvalue weighted by Gasteiger charge is 2.23. The van der Waals surface area contributed by atoms with E-state index < -0.39 is 0 Å². The molecule has 1 saturated carbocycles. The van der Waals surface area contributed by atoms with Crippen molar-refractivity contribution in [2.24, 2.45) is 11.8 Å². The van der Waals surface area contributed by atoms with Gasteiger partial charge in [-0.3, -0.25) is 0 Å². The topological polar surface area (TPSA) is 34.1 Å². The molecule has 2 rings (SSSR count). The zero-order chi connectivity index (χ0) is 12.8. The van der Waals surface area contributed by atoms with Gasteiger partial charge in [0.15, 0.2) is 11.6 Å². The van der Waals surface area contributed by atoms with Crippen molar-refractivity contribution in [3.8, 4) is 5.75 Å². The van der Waals surface area contributed by atoms with Gasteiger partial charge in [0.1, 0.15) is 0 Å². The Kier molecular flexibility index (Phi) is 4.85. The highest BCUT2D eigenvalue weighted by molar-refractivity contribution is 5.49. The average molecular weight is 248 g/mol. The van der Waals surface area contributed by atoms with Crippen LogP contribution in [-0.2, 0) is 0 Å². The van der Waals surface area contributed by atoms with E-state index in [0.717, 1.165) is 43.0 Å². The molecule has 1 aliphatic carbocycles. The Labute approximate surface area is 110 Å². The van der Waals surface area contributed by atoms with Crippen LogP contribution in [0.4, 0.5) is 5.82 Å². The summed E-state index contributed by atoms with van der Waals surface area (Å²) in [7, 11) is 0. The number of ether oxygens (including phenoxy) is 1. The van der Waals surface area contributed by atoms with E-state index in [2.05, 4.69) is 24.1 Å². The molecule has 1 aliphatic rings. The van der Waals surface area contributed by atoms with Crippen LogP contribution in [0.15, 0.2) is 18.3 Å². The van der Waals surface area contributed by atoms with Crippen molar-refractivity contribution in [2.45, 2.75) is 39.5 Å². The highest BCUT2D eigenvalue weighted by Crippen LogP contribution is 2.31. The molecule has 3 heteroatoms. The zero-order valence-corrected chi connectivity index (χ0v) is 11.5. The van der Waals surface area contributed by atoms with Crippen LogP contribution >= 0.6 is 0 Å². The number of nitrogens with one attached hydrogen (secondary N) is 1. The summed E-state index contributed by atoms with van der Waals surface area (Å²) in [5.41, 5.74) is 0. The monoisotopic (exact) mass is 248 g/mol. The lowest BCUT2D eigenvalue weighted by molar-refractivity contribution is 0.317. The zero-order valence-electron chi connectivity index (χ0n) is 11.5. The second kappa shape index (κ2) is 6.62. The molecule has 1 N–H and O–H groups in total. The molecule has 2 atom stereocenters. The van der Waals surface area contributed by atoms with Crippen molar-refractivity contribution in [1.29, 1.82) is 0 Å². The van der Waals surface area contributed by atoms with E-state index >= 15 is 0 Å². The summed E-state index contributed by atoms with van der Waals surface area (Å²) in [6, 6.07) is 3.91. The third-order valence-corrected chi connectivity index (χ3v) is 3.80. The van der Waals surface area contributed by atoms with Gasteiger partial charge in [0.25, 0.3) is 0 Å². The van der Waals surface area contributed by atoms with Crippen molar-refractivity contribution in [1.82, 2.24) is 4.98 Å². The minimum Gasteiger partial charge on any atom is -0.490 e. The lowest BCUT2D eigenvalue weighted by Crippen LogP contribution is -2.17. The summed E-state index contributed by atoms with van der Waals surface area (Å²) in [4.78, 5) is 4.38. The van der Waals surface area contributed by atoms with Crippen molar-refractivity contribution in [3.63, 3.8) is 0 Å². The van der Waals surface area contributed by atoms with Crippen molar-refractivity contribution >= 4 is 5.82 Å². The van der Waals surface area contributed by atoms with E-state index in [9.17, 15) is 0 Å². The van der Waals surface area contributed by atoms with Crippen LogP contribution in [0.2, 0.25) is 0 Å². The second-order valence-electron chi connectivity index (χ2n) is 5.25. The molecule has 1 heterocycles. The predicted molar refractivity (Wildman–Crippen MR) is 75.0 cm³/mol. The first-order chi connectivity index (χ1) is 8.81. The maximum absolute atomic E-state index is 5.70.